The average Bonchev–Trinajstić information content (AvgIpc) is 2.44. The molecule has 1 aromatic rings. The maximum atomic E-state index is 5.62. The van der Waals surface area contributed by atoms with Crippen molar-refractivity contribution in [3.63, 3.8) is 0 Å². The molecule has 0 radical (unpaired) electrons. The van der Waals surface area contributed by atoms with E-state index in [0.717, 1.165) is 24.4 Å². The first kappa shape index (κ1) is 7.41. The zero-order chi connectivity index (χ0) is 8.55. The summed E-state index contributed by atoms with van der Waals surface area (Å²) in [6.45, 7) is 5.80. The van der Waals surface area contributed by atoms with Gasteiger partial charge in [-0.3, -0.25) is 0 Å². The highest BCUT2D eigenvalue weighted by Gasteiger charge is 2.14. The van der Waals surface area contributed by atoms with Gasteiger partial charge >= 0.3 is 0 Å². The molecular weight excluding hydrogens is 148 g/mol. The molecule has 1 aliphatic rings. The monoisotopic (exact) mass is 160 g/mol. The van der Waals surface area contributed by atoms with Gasteiger partial charge in [-0.2, -0.15) is 0 Å². The highest BCUT2D eigenvalue weighted by Crippen LogP contribution is 2.28. The molecule has 1 heteroatoms. The van der Waals surface area contributed by atoms with Crippen LogP contribution >= 0.6 is 0 Å². The number of hydrogen-bond acceptors (Lipinski definition) is 1. The summed E-state index contributed by atoms with van der Waals surface area (Å²) in [6, 6.07) is 0. The zero-order valence-electron chi connectivity index (χ0n) is 7.26. The fraction of sp³-hybridized carbons (Fsp3) is 0.273. The average molecular weight is 160 g/mol. The van der Waals surface area contributed by atoms with E-state index in [1.807, 2.05) is 0 Å². The van der Waals surface area contributed by atoms with E-state index >= 15 is 0 Å². The number of allylic oxidation sites excluding steroid dienone is 1. The van der Waals surface area contributed by atoms with Crippen molar-refractivity contribution in [2.45, 2.75) is 19.8 Å². The summed E-state index contributed by atoms with van der Waals surface area (Å²) in [4.78, 5) is 0. The fourth-order valence-corrected chi connectivity index (χ4v) is 1.62. The summed E-state index contributed by atoms with van der Waals surface area (Å²) in [7, 11) is 0. The summed E-state index contributed by atoms with van der Waals surface area (Å²) in [5, 5.41) is 0. The number of furan rings is 1. The van der Waals surface area contributed by atoms with Gasteiger partial charge in [-0.25, -0.2) is 0 Å². The predicted octanol–water partition coefficient (Wildman–Crippen LogP) is 3.19. The van der Waals surface area contributed by atoms with E-state index in [2.05, 4.69) is 25.7 Å². The standard InChI is InChI=1S/C11H12O/c1-3-10-8(2)9-6-4-5-7-11(9)12-10/h3-4,6H,1,5,7H2,2H3. The molecule has 0 bridgehead atoms. The lowest BCUT2D eigenvalue weighted by atomic mass is 10.0. The van der Waals surface area contributed by atoms with Crippen molar-refractivity contribution in [1.82, 2.24) is 0 Å². The van der Waals surface area contributed by atoms with Crippen LogP contribution in [0.1, 0.15) is 29.1 Å². The molecule has 62 valence electrons. The Morgan fingerprint density at radius 2 is 2.42 bits per heavy atom. The van der Waals surface area contributed by atoms with E-state index in [1.54, 1.807) is 6.08 Å². The Labute approximate surface area is 72.4 Å². The van der Waals surface area contributed by atoms with E-state index in [-0.39, 0.29) is 0 Å². The van der Waals surface area contributed by atoms with Crippen molar-refractivity contribution < 1.29 is 4.42 Å². The molecule has 0 spiro atoms. The van der Waals surface area contributed by atoms with Gasteiger partial charge in [0.2, 0.25) is 0 Å². The molecule has 0 aliphatic heterocycles. The predicted molar refractivity (Wildman–Crippen MR) is 50.9 cm³/mol. The lowest BCUT2D eigenvalue weighted by molar-refractivity contribution is 0.498. The lowest BCUT2D eigenvalue weighted by Crippen LogP contribution is -1.89. The summed E-state index contributed by atoms with van der Waals surface area (Å²) < 4.78 is 5.62. The first-order valence-electron chi connectivity index (χ1n) is 4.24. The first-order valence-corrected chi connectivity index (χ1v) is 4.24. The van der Waals surface area contributed by atoms with Crippen molar-refractivity contribution in [2.24, 2.45) is 0 Å². The molecule has 0 N–H and O–H groups in total. The molecule has 0 fully saturated rings. The van der Waals surface area contributed by atoms with Gasteiger partial charge in [-0.05, 0) is 19.4 Å². The molecule has 0 aromatic carbocycles. The third-order valence-electron chi connectivity index (χ3n) is 2.32. The maximum absolute atomic E-state index is 5.62. The minimum Gasteiger partial charge on any atom is -0.461 e. The van der Waals surface area contributed by atoms with Crippen LogP contribution in [0.5, 0.6) is 0 Å². The van der Waals surface area contributed by atoms with Crippen molar-refractivity contribution in [3.05, 3.63) is 35.3 Å². The van der Waals surface area contributed by atoms with E-state index in [1.165, 1.54) is 11.1 Å². The normalized spacial score (nSPS) is 14.4. The Bertz CT molecular complexity index is 342. The van der Waals surface area contributed by atoms with Gasteiger partial charge in [0.05, 0.1) is 0 Å². The Morgan fingerprint density at radius 1 is 1.58 bits per heavy atom. The van der Waals surface area contributed by atoms with Gasteiger partial charge in [-0.1, -0.05) is 18.7 Å². The van der Waals surface area contributed by atoms with Gasteiger partial charge in [0.25, 0.3) is 0 Å². The summed E-state index contributed by atoms with van der Waals surface area (Å²) in [6.07, 6.45) is 8.24. The second-order valence-corrected chi connectivity index (χ2v) is 3.07. The zero-order valence-corrected chi connectivity index (χ0v) is 7.26. The highest BCUT2D eigenvalue weighted by atomic mass is 16.3. The van der Waals surface area contributed by atoms with Crippen LogP contribution in [0.4, 0.5) is 0 Å². The fourth-order valence-electron chi connectivity index (χ4n) is 1.62. The minimum absolute atomic E-state index is 0.923. The van der Waals surface area contributed by atoms with Gasteiger partial charge in [0.15, 0.2) is 0 Å². The molecule has 2 rings (SSSR count). The number of aryl methyl sites for hydroxylation is 1. The largest absolute Gasteiger partial charge is 0.461 e. The van der Waals surface area contributed by atoms with Gasteiger partial charge in [0, 0.05) is 17.5 Å². The number of hydrogen-bond donors (Lipinski definition) is 0. The molecule has 0 unspecified atom stereocenters. The molecular formula is C11H12O. The molecule has 1 nitrogen and oxygen atoms in total. The van der Waals surface area contributed by atoms with Gasteiger partial charge in [-0.15, -0.1) is 0 Å². The van der Waals surface area contributed by atoms with Crippen molar-refractivity contribution in [3.8, 4) is 0 Å². The Balaban J connectivity index is 2.60. The third-order valence-corrected chi connectivity index (χ3v) is 2.32. The van der Waals surface area contributed by atoms with Crippen LogP contribution < -0.4 is 0 Å². The summed E-state index contributed by atoms with van der Waals surface area (Å²) in [5.41, 5.74) is 2.48. The topological polar surface area (TPSA) is 13.1 Å². The van der Waals surface area contributed by atoms with Crippen LogP contribution in [0, 0.1) is 6.92 Å². The minimum atomic E-state index is 0.923. The van der Waals surface area contributed by atoms with Crippen LogP contribution in [0.15, 0.2) is 17.1 Å². The molecule has 0 amide bonds. The Hall–Kier alpha value is -1.24. The van der Waals surface area contributed by atoms with Crippen LogP contribution in [-0.2, 0) is 6.42 Å². The lowest BCUT2D eigenvalue weighted by Gasteiger charge is -2.01. The molecule has 1 heterocycles. The van der Waals surface area contributed by atoms with E-state index in [9.17, 15) is 0 Å². The Morgan fingerprint density at radius 3 is 3.08 bits per heavy atom. The quantitative estimate of drug-likeness (QED) is 0.615. The second kappa shape index (κ2) is 2.67. The summed E-state index contributed by atoms with van der Waals surface area (Å²) >= 11 is 0. The van der Waals surface area contributed by atoms with Crippen molar-refractivity contribution >= 4 is 12.2 Å². The highest BCUT2D eigenvalue weighted by molar-refractivity contribution is 5.63. The number of fused-ring (bicyclic) bond motifs is 1. The van der Waals surface area contributed by atoms with Crippen molar-refractivity contribution in [1.29, 1.82) is 0 Å². The van der Waals surface area contributed by atoms with Gasteiger partial charge in [0.1, 0.15) is 11.5 Å². The second-order valence-electron chi connectivity index (χ2n) is 3.07. The molecule has 0 atom stereocenters. The number of rotatable bonds is 1. The Kier molecular flexibility index (Phi) is 1.65. The maximum Gasteiger partial charge on any atom is 0.129 e. The van der Waals surface area contributed by atoms with Crippen molar-refractivity contribution in [2.75, 3.05) is 0 Å². The molecule has 12 heavy (non-hydrogen) atoms. The smallest absolute Gasteiger partial charge is 0.129 e. The van der Waals surface area contributed by atoms with Crippen LogP contribution in [0.2, 0.25) is 0 Å². The van der Waals surface area contributed by atoms with E-state index in [4.69, 9.17) is 4.42 Å². The van der Waals surface area contributed by atoms with Crippen LogP contribution in [-0.4, -0.2) is 0 Å². The van der Waals surface area contributed by atoms with Crippen LogP contribution in [0.3, 0.4) is 0 Å². The van der Waals surface area contributed by atoms with Gasteiger partial charge < -0.3 is 4.42 Å². The SMILES string of the molecule is C=Cc1oc2c(c1C)C=CCC2. The summed E-state index contributed by atoms with van der Waals surface area (Å²) in [5.74, 6) is 2.04. The first-order chi connectivity index (χ1) is 5.83. The molecule has 0 saturated heterocycles. The molecule has 1 aliphatic carbocycles. The molecule has 1 aromatic heterocycles. The van der Waals surface area contributed by atoms with Crippen LogP contribution in [0.25, 0.3) is 12.2 Å². The molecule has 0 saturated carbocycles. The van der Waals surface area contributed by atoms with E-state index < -0.39 is 0 Å². The third kappa shape index (κ3) is 0.934. The van der Waals surface area contributed by atoms with E-state index in [0.29, 0.717) is 0 Å².